The van der Waals surface area contributed by atoms with Crippen LogP contribution < -0.4 is 20.1 Å². The lowest BCUT2D eigenvalue weighted by molar-refractivity contribution is 0.102. The van der Waals surface area contributed by atoms with Crippen molar-refractivity contribution in [3.63, 3.8) is 0 Å². The predicted molar refractivity (Wildman–Crippen MR) is 122 cm³/mol. The van der Waals surface area contributed by atoms with Crippen LogP contribution in [0.15, 0.2) is 53.9 Å². The molecular weight excluding hydrogens is 430 g/mol. The summed E-state index contributed by atoms with van der Waals surface area (Å²) >= 11 is 8.69. The van der Waals surface area contributed by atoms with Crippen LogP contribution in [-0.4, -0.2) is 25.2 Å². The van der Waals surface area contributed by atoms with Crippen molar-refractivity contribution in [2.45, 2.75) is 0 Å². The SMILES string of the molecule is COc1cc(Cl)cc(NC(=O)c2csc(C(=O)Nc3cccc(NSC)c3)c2)c1. The van der Waals surface area contributed by atoms with Gasteiger partial charge in [0.05, 0.1) is 17.6 Å². The molecule has 0 aliphatic rings. The van der Waals surface area contributed by atoms with E-state index in [9.17, 15) is 9.59 Å². The summed E-state index contributed by atoms with van der Waals surface area (Å²) in [5.41, 5.74) is 2.45. The van der Waals surface area contributed by atoms with Gasteiger partial charge in [-0.1, -0.05) is 29.6 Å². The normalized spacial score (nSPS) is 10.3. The molecule has 0 radical (unpaired) electrons. The van der Waals surface area contributed by atoms with Gasteiger partial charge < -0.3 is 20.1 Å². The number of hydrogen-bond acceptors (Lipinski definition) is 6. The Morgan fingerprint density at radius 3 is 2.52 bits per heavy atom. The first-order valence-electron chi connectivity index (χ1n) is 8.43. The van der Waals surface area contributed by atoms with Gasteiger partial charge in [-0.2, -0.15) is 0 Å². The van der Waals surface area contributed by atoms with Crippen LogP contribution in [0.25, 0.3) is 0 Å². The second kappa shape index (κ2) is 9.69. The van der Waals surface area contributed by atoms with Gasteiger partial charge in [0.25, 0.3) is 11.8 Å². The fraction of sp³-hybridized carbons (Fsp3) is 0.100. The fourth-order valence-corrected chi connectivity index (χ4v) is 3.87. The molecule has 1 heterocycles. The molecule has 150 valence electrons. The van der Waals surface area contributed by atoms with E-state index in [1.165, 1.54) is 30.4 Å². The van der Waals surface area contributed by atoms with Crippen LogP contribution in [0.5, 0.6) is 5.75 Å². The number of hydrogen-bond donors (Lipinski definition) is 3. The molecule has 0 spiro atoms. The largest absolute Gasteiger partial charge is 0.497 e. The van der Waals surface area contributed by atoms with Crippen LogP contribution in [0.2, 0.25) is 5.02 Å². The molecule has 0 saturated heterocycles. The number of rotatable bonds is 7. The standard InChI is InChI=1S/C20H18ClN3O3S2/c1-27-17-8-13(21)7-16(10-17)23-19(25)12-6-18(29-11-12)20(26)22-14-4-3-5-15(9-14)24-28-2/h3-11,24H,1-2H3,(H,22,26)(H,23,25). The van der Waals surface area contributed by atoms with E-state index in [1.807, 2.05) is 24.5 Å². The molecule has 0 unspecified atom stereocenters. The quantitative estimate of drug-likeness (QED) is 0.410. The summed E-state index contributed by atoms with van der Waals surface area (Å²) in [5, 5.41) is 7.68. The average molecular weight is 448 g/mol. The maximum Gasteiger partial charge on any atom is 0.265 e. The minimum atomic E-state index is -0.337. The molecule has 3 aromatic rings. The summed E-state index contributed by atoms with van der Waals surface area (Å²) in [6.45, 7) is 0. The first kappa shape index (κ1) is 21.0. The highest BCUT2D eigenvalue weighted by atomic mass is 35.5. The summed E-state index contributed by atoms with van der Waals surface area (Å²) in [6.07, 6.45) is 1.92. The van der Waals surface area contributed by atoms with Gasteiger partial charge in [-0.15, -0.1) is 11.3 Å². The van der Waals surface area contributed by atoms with Gasteiger partial charge in [-0.05, 0) is 36.4 Å². The third-order valence-corrected chi connectivity index (χ3v) is 5.38. The van der Waals surface area contributed by atoms with Gasteiger partial charge in [-0.3, -0.25) is 9.59 Å². The molecule has 6 nitrogen and oxygen atoms in total. The van der Waals surface area contributed by atoms with E-state index in [4.69, 9.17) is 16.3 Å². The molecule has 0 aliphatic carbocycles. The number of ether oxygens (including phenoxy) is 1. The van der Waals surface area contributed by atoms with Crippen molar-refractivity contribution in [3.8, 4) is 5.75 Å². The highest BCUT2D eigenvalue weighted by Crippen LogP contribution is 2.25. The van der Waals surface area contributed by atoms with Crippen LogP contribution in [-0.2, 0) is 0 Å². The number of thiophene rings is 1. The molecule has 3 rings (SSSR count). The molecule has 0 fully saturated rings. The van der Waals surface area contributed by atoms with E-state index in [0.29, 0.717) is 32.6 Å². The monoisotopic (exact) mass is 447 g/mol. The Morgan fingerprint density at radius 1 is 1.00 bits per heavy atom. The van der Waals surface area contributed by atoms with Crippen LogP contribution in [0.3, 0.4) is 0 Å². The molecule has 2 aromatic carbocycles. The van der Waals surface area contributed by atoms with Crippen molar-refractivity contribution in [2.75, 3.05) is 28.7 Å². The van der Waals surface area contributed by atoms with Gasteiger partial charge >= 0.3 is 0 Å². The number of nitrogens with one attached hydrogen (secondary N) is 3. The fourth-order valence-electron chi connectivity index (χ4n) is 2.50. The van der Waals surface area contributed by atoms with Crippen LogP contribution in [0, 0.1) is 0 Å². The molecule has 0 bridgehead atoms. The van der Waals surface area contributed by atoms with Crippen molar-refractivity contribution in [1.82, 2.24) is 0 Å². The third kappa shape index (κ3) is 5.66. The zero-order valence-corrected chi connectivity index (χ0v) is 18.0. The molecule has 0 aliphatic heterocycles. The molecule has 9 heteroatoms. The number of carbonyl (C=O) groups is 2. The van der Waals surface area contributed by atoms with Crippen molar-refractivity contribution in [2.24, 2.45) is 0 Å². The molecule has 3 N–H and O–H groups in total. The highest BCUT2D eigenvalue weighted by Gasteiger charge is 2.15. The van der Waals surface area contributed by atoms with Crippen LogP contribution >= 0.6 is 34.9 Å². The van der Waals surface area contributed by atoms with Crippen molar-refractivity contribution < 1.29 is 14.3 Å². The van der Waals surface area contributed by atoms with E-state index in [0.717, 1.165) is 5.69 Å². The minimum absolute atomic E-state index is 0.278. The number of amides is 2. The lowest BCUT2D eigenvalue weighted by atomic mass is 10.2. The van der Waals surface area contributed by atoms with Crippen molar-refractivity contribution >= 4 is 63.8 Å². The second-order valence-electron chi connectivity index (χ2n) is 5.87. The number of anilines is 3. The van der Waals surface area contributed by atoms with E-state index >= 15 is 0 Å². The number of halogens is 1. The lowest BCUT2D eigenvalue weighted by Gasteiger charge is -2.07. The maximum atomic E-state index is 12.5. The highest BCUT2D eigenvalue weighted by molar-refractivity contribution is 7.99. The Bertz CT molecular complexity index is 1040. The zero-order valence-electron chi connectivity index (χ0n) is 15.6. The van der Waals surface area contributed by atoms with Crippen molar-refractivity contribution in [3.05, 3.63) is 69.4 Å². The topological polar surface area (TPSA) is 79.5 Å². The summed E-state index contributed by atoms with van der Waals surface area (Å²) in [4.78, 5) is 25.5. The molecule has 1 aromatic heterocycles. The first-order chi connectivity index (χ1) is 14.0. The van der Waals surface area contributed by atoms with Gasteiger partial charge in [0.15, 0.2) is 0 Å². The molecule has 2 amide bonds. The van der Waals surface area contributed by atoms with Gasteiger partial charge in [0, 0.05) is 39.8 Å². The number of methoxy groups -OCH3 is 1. The summed E-state index contributed by atoms with van der Waals surface area (Å²) < 4.78 is 8.26. The number of carbonyl (C=O) groups excluding carboxylic acids is 2. The summed E-state index contributed by atoms with van der Waals surface area (Å²) in [6, 6.07) is 13.9. The van der Waals surface area contributed by atoms with Gasteiger partial charge in [0.2, 0.25) is 0 Å². The smallest absolute Gasteiger partial charge is 0.265 e. The molecular formula is C20H18ClN3O3S2. The molecule has 0 saturated carbocycles. The Labute approximate surface area is 181 Å². The Kier molecular flexibility index (Phi) is 7.03. The van der Waals surface area contributed by atoms with Crippen LogP contribution in [0.1, 0.15) is 20.0 Å². The predicted octanol–water partition coefficient (Wildman–Crippen LogP) is 5.60. The average Bonchev–Trinajstić information content (AvgIpc) is 3.18. The number of benzene rings is 2. The summed E-state index contributed by atoms with van der Waals surface area (Å²) in [7, 11) is 1.52. The molecule has 0 atom stereocenters. The van der Waals surface area contributed by atoms with E-state index in [2.05, 4.69) is 15.4 Å². The first-order valence-corrected chi connectivity index (χ1v) is 10.9. The zero-order chi connectivity index (χ0) is 20.8. The molecule has 29 heavy (non-hydrogen) atoms. The lowest BCUT2D eigenvalue weighted by Crippen LogP contribution is -2.12. The second-order valence-corrected chi connectivity index (χ2v) is 7.83. The van der Waals surface area contributed by atoms with E-state index < -0.39 is 0 Å². The Morgan fingerprint density at radius 2 is 1.76 bits per heavy atom. The summed E-state index contributed by atoms with van der Waals surface area (Å²) in [5.74, 6) is -0.0769. The maximum absolute atomic E-state index is 12.5. The van der Waals surface area contributed by atoms with Gasteiger partial charge in [0.1, 0.15) is 5.75 Å². The Balaban J connectivity index is 1.68. The minimum Gasteiger partial charge on any atom is -0.497 e. The third-order valence-electron chi connectivity index (χ3n) is 3.79. The van der Waals surface area contributed by atoms with Crippen molar-refractivity contribution in [1.29, 1.82) is 0 Å². The Hall–Kier alpha value is -2.68. The van der Waals surface area contributed by atoms with E-state index in [1.54, 1.807) is 35.7 Å². The van der Waals surface area contributed by atoms with Gasteiger partial charge in [-0.25, -0.2) is 0 Å². The van der Waals surface area contributed by atoms with E-state index in [-0.39, 0.29) is 11.8 Å². The van der Waals surface area contributed by atoms with Crippen LogP contribution in [0.4, 0.5) is 17.1 Å².